The molecule has 0 N–H and O–H groups in total. The summed E-state index contributed by atoms with van der Waals surface area (Å²) in [6, 6.07) is 7.35. The predicted molar refractivity (Wildman–Crippen MR) is 65.9 cm³/mol. The second-order valence-electron chi connectivity index (χ2n) is 1.97. The van der Waals surface area contributed by atoms with Gasteiger partial charge in [-0.3, -0.25) is 25.8 Å². The van der Waals surface area contributed by atoms with Crippen LogP contribution in [0.15, 0.2) is 24.3 Å². The zero-order valence-corrected chi connectivity index (χ0v) is 11.5. The lowest BCUT2D eigenvalue weighted by Gasteiger charge is -1.89. The van der Waals surface area contributed by atoms with Crippen molar-refractivity contribution >= 4 is 41.8 Å². The Morgan fingerprint density at radius 1 is 1.08 bits per heavy atom. The quantitative estimate of drug-likeness (QED) is 0.510. The predicted octanol–water partition coefficient (Wildman–Crippen LogP) is 2.96. The molecular weight excluding hydrogens is 304 g/mol. The van der Waals surface area contributed by atoms with Crippen LogP contribution in [0.3, 0.4) is 0 Å². The molecule has 0 aliphatic rings. The highest BCUT2D eigenvalue weighted by Crippen LogP contribution is 2.01. The van der Waals surface area contributed by atoms with Crippen LogP contribution in [0.4, 0.5) is 0 Å². The van der Waals surface area contributed by atoms with Gasteiger partial charge in [-0.2, -0.15) is 0 Å². The van der Waals surface area contributed by atoms with Gasteiger partial charge in [0, 0.05) is 11.1 Å². The molecule has 1 aromatic rings. The van der Waals surface area contributed by atoms with Gasteiger partial charge in [0.05, 0.1) is 0 Å². The van der Waals surface area contributed by atoms with Crippen LogP contribution in [-0.2, 0) is 0 Å². The molecule has 3 heteroatoms. The summed E-state index contributed by atoms with van der Waals surface area (Å²) >= 11 is 6.44. The van der Waals surface area contributed by atoms with Crippen molar-refractivity contribution in [1.82, 2.24) is 0 Å². The first-order valence-corrected chi connectivity index (χ1v) is 11.2. The number of terminal acetylenes is 2. The van der Waals surface area contributed by atoms with Gasteiger partial charge in [-0.15, -0.1) is 12.8 Å². The van der Waals surface area contributed by atoms with E-state index < -0.39 is 0 Å². The Morgan fingerprint density at radius 3 is 1.77 bits per heavy atom. The zero-order valence-electron chi connectivity index (χ0n) is 6.93. The largest absolute Gasteiger partial charge is 0.560 e. The maximum Gasteiger partial charge on any atom is 0.560 e. The molecule has 0 nitrogen and oxygen atoms in total. The van der Waals surface area contributed by atoms with E-state index in [1.807, 2.05) is 18.2 Å². The lowest BCUT2D eigenvalue weighted by Crippen LogP contribution is -1.75. The minimum Gasteiger partial charge on any atom is -0.280 e. The zero-order chi connectivity index (χ0) is 10.1. The minimum atomic E-state index is 0.0417. The van der Waals surface area contributed by atoms with Crippen LogP contribution in [0.25, 0.3) is 0 Å². The standard InChI is InChI=1S/C10H6.2BrH.Mg/c1-3-9-6-5-7-10(4-2)8-9;;;/h1-2,5-8H;2*1H;/q;;;+2/p-2. The highest BCUT2D eigenvalue weighted by molar-refractivity contribution is 9.47. The second kappa shape index (κ2) is 8.66. The molecule has 13 heavy (non-hydrogen) atoms. The Bertz CT molecular complexity index is 304. The van der Waals surface area contributed by atoms with E-state index in [2.05, 4.69) is 37.6 Å². The molecule has 62 valence electrons. The summed E-state index contributed by atoms with van der Waals surface area (Å²) < 4.78 is 0. The highest BCUT2D eigenvalue weighted by Gasteiger charge is 1.86. The lowest BCUT2D eigenvalue weighted by atomic mass is 10.1. The fourth-order valence-corrected chi connectivity index (χ4v) is 0.699. The van der Waals surface area contributed by atoms with Crippen molar-refractivity contribution in [3.8, 4) is 24.7 Å². The first kappa shape index (κ1) is 13.1. The van der Waals surface area contributed by atoms with Gasteiger partial charge in [0.2, 0.25) is 0 Å². The summed E-state index contributed by atoms with van der Waals surface area (Å²) in [6.07, 6.45) is 10.3. The molecule has 0 heterocycles. The van der Waals surface area contributed by atoms with Gasteiger partial charge >= 0.3 is 16.0 Å². The van der Waals surface area contributed by atoms with Gasteiger partial charge < -0.3 is 0 Å². The lowest BCUT2D eigenvalue weighted by molar-refractivity contribution is 1.60. The smallest absolute Gasteiger partial charge is 0.280 e. The molecule has 0 aromatic heterocycles. The average Bonchev–Trinajstić information content (AvgIpc) is 2.19. The van der Waals surface area contributed by atoms with Crippen molar-refractivity contribution in [3.63, 3.8) is 0 Å². The summed E-state index contributed by atoms with van der Waals surface area (Å²) in [7, 11) is 0. The summed E-state index contributed by atoms with van der Waals surface area (Å²) in [6.45, 7) is 0. The van der Waals surface area contributed by atoms with Crippen molar-refractivity contribution in [1.29, 1.82) is 0 Å². The maximum absolute atomic E-state index is 5.15. The molecular formula is C10H6Br2Mg. The Hall–Kier alpha value is 0.0662. The number of hydrogen-bond acceptors (Lipinski definition) is 0. The molecule has 0 radical (unpaired) electrons. The summed E-state index contributed by atoms with van der Waals surface area (Å²) in [5.41, 5.74) is 1.66. The fourth-order valence-electron chi connectivity index (χ4n) is 0.699. The van der Waals surface area contributed by atoms with E-state index in [4.69, 9.17) is 12.8 Å². The van der Waals surface area contributed by atoms with Gasteiger partial charge in [-0.25, -0.2) is 0 Å². The topological polar surface area (TPSA) is 0 Å². The first-order valence-electron chi connectivity index (χ1n) is 3.43. The van der Waals surface area contributed by atoms with E-state index in [1.54, 1.807) is 6.07 Å². The van der Waals surface area contributed by atoms with Crippen molar-refractivity contribution < 1.29 is 0 Å². The average molecular weight is 310 g/mol. The van der Waals surface area contributed by atoms with Crippen LogP contribution in [0.5, 0.6) is 0 Å². The van der Waals surface area contributed by atoms with Crippen molar-refractivity contribution in [2.45, 2.75) is 0 Å². The first-order chi connectivity index (χ1) is 6.28. The Morgan fingerprint density at radius 2 is 1.46 bits per heavy atom. The third-order valence-corrected chi connectivity index (χ3v) is 1.20. The number of hydrogen-bond donors (Lipinski definition) is 0. The SMILES string of the molecule is C#Cc1cccc(C#C)c1.[Br][Mg][Br]. The summed E-state index contributed by atoms with van der Waals surface area (Å²) in [4.78, 5) is 0. The van der Waals surface area contributed by atoms with E-state index in [9.17, 15) is 0 Å². The van der Waals surface area contributed by atoms with Gasteiger partial charge in [-0.05, 0) is 18.2 Å². The molecule has 0 aliphatic carbocycles. The van der Waals surface area contributed by atoms with Gasteiger partial charge in [0.25, 0.3) is 0 Å². The third-order valence-electron chi connectivity index (χ3n) is 1.20. The molecule has 1 aromatic carbocycles. The number of halogens is 2. The molecule has 0 aliphatic heterocycles. The van der Waals surface area contributed by atoms with Crippen molar-refractivity contribution in [2.24, 2.45) is 0 Å². The molecule has 0 amide bonds. The molecule has 0 spiro atoms. The molecule has 0 saturated heterocycles. The molecule has 0 atom stereocenters. The van der Waals surface area contributed by atoms with Crippen molar-refractivity contribution in [2.75, 3.05) is 0 Å². The van der Waals surface area contributed by atoms with E-state index >= 15 is 0 Å². The van der Waals surface area contributed by atoms with Crippen LogP contribution < -0.4 is 0 Å². The van der Waals surface area contributed by atoms with Crippen LogP contribution in [0, 0.1) is 24.7 Å². The summed E-state index contributed by atoms with van der Waals surface area (Å²) in [5.74, 6) is 5.01. The Balaban J connectivity index is 0.000000424. The van der Waals surface area contributed by atoms with E-state index in [-0.39, 0.29) is 16.0 Å². The van der Waals surface area contributed by atoms with Crippen LogP contribution in [-0.4, -0.2) is 16.0 Å². The van der Waals surface area contributed by atoms with E-state index in [1.165, 1.54) is 0 Å². The van der Waals surface area contributed by atoms with Crippen LogP contribution in [0.2, 0.25) is 0 Å². The summed E-state index contributed by atoms with van der Waals surface area (Å²) in [5, 5.41) is 0. The van der Waals surface area contributed by atoms with E-state index in [0.29, 0.717) is 0 Å². The van der Waals surface area contributed by atoms with E-state index in [0.717, 1.165) is 11.1 Å². The van der Waals surface area contributed by atoms with Crippen molar-refractivity contribution in [3.05, 3.63) is 35.4 Å². The molecule has 0 saturated carbocycles. The van der Waals surface area contributed by atoms with Gasteiger partial charge in [-0.1, -0.05) is 17.9 Å². The Labute approximate surface area is 101 Å². The third kappa shape index (κ3) is 6.18. The minimum absolute atomic E-state index is 0.0417. The molecule has 0 fully saturated rings. The maximum atomic E-state index is 5.15. The molecule has 1 rings (SSSR count). The van der Waals surface area contributed by atoms with Gasteiger partial charge in [0.1, 0.15) is 0 Å². The highest BCUT2D eigenvalue weighted by atomic mass is 79.9. The van der Waals surface area contributed by atoms with Crippen LogP contribution in [0.1, 0.15) is 11.1 Å². The normalized spacial score (nSPS) is 6.77. The van der Waals surface area contributed by atoms with Gasteiger partial charge in [0.15, 0.2) is 0 Å². The second-order valence-corrected chi connectivity index (χ2v) is 10.1. The number of benzene rings is 1. The monoisotopic (exact) mass is 308 g/mol. The molecule has 0 bridgehead atoms. The Kier molecular flexibility index (Phi) is 8.70. The van der Waals surface area contributed by atoms with Crippen LogP contribution >= 0.6 is 25.8 Å². The number of rotatable bonds is 0. The molecule has 0 unspecified atom stereocenters. The fraction of sp³-hybridized carbons (Fsp3) is 0.